The molecule has 3 aromatic carbocycles. The Morgan fingerprint density at radius 3 is 2.43 bits per heavy atom. The van der Waals surface area contributed by atoms with Crippen molar-refractivity contribution in [2.75, 3.05) is 16.6 Å². The van der Waals surface area contributed by atoms with E-state index in [1.54, 1.807) is 43.3 Å². The summed E-state index contributed by atoms with van der Waals surface area (Å²) in [6, 6.07) is 19.2. The van der Waals surface area contributed by atoms with Crippen LogP contribution in [0, 0.1) is 6.92 Å². The molecule has 0 aliphatic carbocycles. The van der Waals surface area contributed by atoms with Crippen LogP contribution in [0.25, 0.3) is 11.0 Å². The van der Waals surface area contributed by atoms with E-state index in [0.717, 1.165) is 16.9 Å². The minimum absolute atomic E-state index is 0.0735. The fraction of sp³-hybridized carbons (Fsp3) is 0.231. The normalized spacial score (nSPS) is 11.4. The lowest BCUT2D eigenvalue weighted by Crippen LogP contribution is -2.21. The van der Waals surface area contributed by atoms with Gasteiger partial charge in [-0.05, 0) is 67.9 Å². The zero-order valence-electron chi connectivity index (χ0n) is 19.9. The number of carbonyl (C=O) groups is 1. The van der Waals surface area contributed by atoms with Gasteiger partial charge in [-0.2, -0.15) is 0 Å². The number of rotatable bonds is 9. The third kappa shape index (κ3) is 5.46. The van der Waals surface area contributed by atoms with Crippen molar-refractivity contribution in [1.29, 1.82) is 0 Å². The molecule has 1 heterocycles. The van der Waals surface area contributed by atoms with E-state index >= 15 is 0 Å². The third-order valence-corrected chi connectivity index (χ3v) is 7.05. The van der Waals surface area contributed by atoms with Gasteiger partial charge < -0.3 is 14.6 Å². The number of nitrogens with zero attached hydrogens (tertiary/aromatic N) is 2. The molecule has 0 atom stereocenters. The number of fused-ring (bicyclic) bond motifs is 1. The monoisotopic (exact) mass is 492 g/mol. The van der Waals surface area contributed by atoms with Crippen LogP contribution in [0.1, 0.15) is 25.2 Å². The minimum atomic E-state index is -3.87. The molecule has 8 nitrogen and oxygen atoms in total. The Labute approximate surface area is 205 Å². The molecule has 1 amide bonds. The fourth-order valence-corrected chi connectivity index (χ4v) is 5.21. The number of hydrogen-bond donors (Lipinski definition) is 2. The molecule has 0 unspecified atom stereocenters. The molecule has 0 spiro atoms. The Bertz CT molecular complexity index is 1460. The Morgan fingerprint density at radius 1 is 1.00 bits per heavy atom. The van der Waals surface area contributed by atoms with Crippen molar-refractivity contribution in [1.82, 2.24) is 9.55 Å². The number of hydrogen-bond acceptors (Lipinski definition) is 5. The Morgan fingerprint density at radius 2 is 1.71 bits per heavy atom. The number of anilines is 2. The zero-order chi connectivity index (χ0) is 25.0. The first-order valence-electron chi connectivity index (χ1n) is 11.4. The summed E-state index contributed by atoms with van der Waals surface area (Å²) in [6.07, 6.45) is 0.687. The molecule has 4 rings (SSSR count). The van der Waals surface area contributed by atoms with Crippen molar-refractivity contribution in [3.63, 3.8) is 0 Å². The number of para-hydroxylation sites is 2. The smallest absolute Gasteiger partial charge is 0.262 e. The van der Waals surface area contributed by atoms with Crippen molar-refractivity contribution in [3.05, 3.63) is 78.1 Å². The molecule has 0 saturated carbocycles. The van der Waals surface area contributed by atoms with Gasteiger partial charge in [-0.25, -0.2) is 13.4 Å². The maximum Gasteiger partial charge on any atom is 0.262 e. The van der Waals surface area contributed by atoms with Crippen molar-refractivity contribution >= 4 is 38.3 Å². The number of nitrogens with one attached hydrogen (secondary N) is 2. The number of sulfonamides is 1. The van der Waals surface area contributed by atoms with Gasteiger partial charge >= 0.3 is 0 Å². The van der Waals surface area contributed by atoms with E-state index in [1.165, 1.54) is 6.07 Å². The van der Waals surface area contributed by atoms with Gasteiger partial charge in [0.15, 0.2) is 0 Å². The highest BCUT2D eigenvalue weighted by Gasteiger charge is 2.19. The van der Waals surface area contributed by atoms with Gasteiger partial charge in [-0.1, -0.05) is 25.1 Å². The number of aromatic nitrogens is 2. The van der Waals surface area contributed by atoms with Crippen LogP contribution in [0.2, 0.25) is 0 Å². The first kappa shape index (κ1) is 24.3. The summed E-state index contributed by atoms with van der Waals surface area (Å²) in [5, 5.41) is 2.82. The summed E-state index contributed by atoms with van der Waals surface area (Å²) in [4.78, 5) is 17.6. The number of carbonyl (C=O) groups excluding carboxylic acids is 1. The number of amides is 1. The molecule has 1 aromatic heterocycles. The van der Waals surface area contributed by atoms with Crippen LogP contribution < -0.4 is 14.8 Å². The van der Waals surface area contributed by atoms with Crippen LogP contribution in [0.5, 0.6) is 5.75 Å². The maximum absolute atomic E-state index is 13.1. The summed E-state index contributed by atoms with van der Waals surface area (Å²) in [5.41, 5.74) is 3.10. The first-order valence-corrected chi connectivity index (χ1v) is 12.9. The molecule has 182 valence electrons. The topological polar surface area (TPSA) is 102 Å². The summed E-state index contributed by atoms with van der Waals surface area (Å²) in [5.74, 6) is 1.20. The predicted octanol–water partition coefficient (Wildman–Crippen LogP) is 4.75. The van der Waals surface area contributed by atoms with Gasteiger partial charge in [-0.3, -0.25) is 9.52 Å². The summed E-state index contributed by atoms with van der Waals surface area (Å²) in [6.45, 7) is 6.18. The van der Waals surface area contributed by atoms with Crippen molar-refractivity contribution in [3.8, 4) is 5.75 Å². The molecule has 0 saturated heterocycles. The predicted molar refractivity (Wildman–Crippen MR) is 137 cm³/mol. The van der Waals surface area contributed by atoms with Gasteiger partial charge in [0.05, 0.1) is 22.5 Å². The second-order valence-electron chi connectivity index (χ2n) is 8.05. The number of benzene rings is 3. The SMILES string of the molecule is CCOc1ccc(NS(=O)(=O)c2cc(NC(=O)Cn3c(CC)nc4ccccc43)ccc2C)cc1. The molecule has 0 radical (unpaired) electrons. The average Bonchev–Trinajstić information content (AvgIpc) is 3.19. The van der Waals surface area contributed by atoms with Gasteiger partial charge in [0.1, 0.15) is 18.1 Å². The largest absolute Gasteiger partial charge is 0.494 e. The Balaban J connectivity index is 1.52. The summed E-state index contributed by atoms with van der Waals surface area (Å²) in [7, 11) is -3.87. The standard InChI is InChI=1S/C26H28N4O4S/c1-4-25-28-22-8-6-7-9-23(22)30(25)17-26(31)27-20-11-10-18(3)24(16-20)35(32,33)29-19-12-14-21(15-13-19)34-5-2/h6-16,29H,4-5,17H2,1-3H3,(H,27,31). The molecule has 0 bridgehead atoms. The Kier molecular flexibility index (Phi) is 7.07. The zero-order valence-corrected chi connectivity index (χ0v) is 20.7. The summed E-state index contributed by atoms with van der Waals surface area (Å²) < 4.78 is 36.0. The number of imidazole rings is 1. The van der Waals surface area contributed by atoms with E-state index in [4.69, 9.17) is 4.74 Å². The van der Waals surface area contributed by atoms with Crippen LogP contribution >= 0.6 is 0 Å². The van der Waals surface area contributed by atoms with E-state index < -0.39 is 10.0 Å². The van der Waals surface area contributed by atoms with Crippen LogP contribution in [0.3, 0.4) is 0 Å². The van der Waals surface area contributed by atoms with E-state index in [9.17, 15) is 13.2 Å². The van der Waals surface area contributed by atoms with E-state index in [1.807, 2.05) is 42.7 Å². The molecule has 0 fully saturated rings. The molecule has 35 heavy (non-hydrogen) atoms. The van der Waals surface area contributed by atoms with Crippen LogP contribution in [0.15, 0.2) is 71.6 Å². The Hall–Kier alpha value is -3.85. The lowest BCUT2D eigenvalue weighted by Gasteiger charge is -2.14. The van der Waals surface area contributed by atoms with Gasteiger partial charge in [0.25, 0.3) is 10.0 Å². The highest BCUT2D eigenvalue weighted by molar-refractivity contribution is 7.92. The molecule has 0 aliphatic rings. The first-order chi connectivity index (χ1) is 16.8. The fourth-order valence-electron chi connectivity index (χ4n) is 3.88. The van der Waals surface area contributed by atoms with Crippen molar-refractivity contribution in [2.45, 2.75) is 38.6 Å². The summed E-state index contributed by atoms with van der Waals surface area (Å²) >= 11 is 0. The quantitative estimate of drug-likeness (QED) is 0.351. The second-order valence-corrected chi connectivity index (χ2v) is 9.70. The van der Waals surface area contributed by atoms with E-state index in [2.05, 4.69) is 15.0 Å². The maximum atomic E-state index is 13.1. The van der Waals surface area contributed by atoms with E-state index in [0.29, 0.717) is 35.7 Å². The van der Waals surface area contributed by atoms with Crippen LogP contribution in [0.4, 0.5) is 11.4 Å². The van der Waals surface area contributed by atoms with Gasteiger partial charge in [0, 0.05) is 17.8 Å². The molecular formula is C26H28N4O4S. The third-order valence-electron chi connectivity index (χ3n) is 5.53. The number of aryl methyl sites for hydroxylation is 2. The second kappa shape index (κ2) is 10.2. The number of ether oxygens (including phenoxy) is 1. The van der Waals surface area contributed by atoms with Gasteiger partial charge in [-0.15, -0.1) is 0 Å². The van der Waals surface area contributed by atoms with Crippen molar-refractivity contribution in [2.24, 2.45) is 0 Å². The molecular weight excluding hydrogens is 464 g/mol. The lowest BCUT2D eigenvalue weighted by atomic mass is 10.2. The van der Waals surface area contributed by atoms with Crippen LogP contribution in [-0.4, -0.2) is 30.5 Å². The molecule has 9 heteroatoms. The highest BCUT2D eigenvalue weighted by atomic mass is 32.2. The molecule has 0 aliphatic heterocycles. The highest BCUT2D eigenvalue weighted by Crippen LogP contribution is 2.24. The lowest BCUT2D eigenvalue weighted by molar-refractivity contribution is -0.116. The molecule has 2 N–H and O–H groups in total. The van der Waals surface area contributed by atoms with Crippen LogP contribution in [-0.2, 0) is 27.8 Å². The average molecular weight is 493 g/mol. The van der Waals surface area contributed by atoms with Gasteiger partial charge in [0.2, 0.25) is 5.91 Å². The van der Waals surface area contributed by atoms with Crippen molar-refractivity contribution < 1.29 is 17.9 Å². The minimum Gasteiger partial charge on any atom is -0.494 e. The molecule has 4 aromatic rings. The van der Waals surface area contributed by atoms with E-state index in [-0.39, 0.29) is 17.3 Å².